The molecule has 1 N–H and O–H groups in total. The molecular formula is C18H31NO2. The molecule has 3 heteroatoms. The normalized spacial score (nSPS) is 11.8. The summed E-state index contributed by atoms with van der Waals surface area (Å²) in [4.78, 5) is 0. The van der Waals surface area contributed by atoms with Crippen LogP contribution in [0.3, 0.4) is 0 Å². The van der Waals surface area contributed by atoms with E-state index in [2.05, 4.69) is 39.1 Å². The van der Waals surface area contributed by atoms with E-state index in [1.54, 1.807) is 14.2 Å². The molecule has 0 radical (unpaired) electrons. The molecule has 3 nitrogen and oxygen atoms in total. The standard InChI is InChI=1S/C18H31NO2/c1-14(2)19-12-11-18(3,4)10-9-15-13-16(20-5)7-8-17(15)21-6/h7-8,13-14,19H,9-12H2,1-6H3. The van der Waals surface area contributed by atoms with Crippen LogP contribution in [0, 0.1) is 5.41 Å². The lowest BCUT2D eigenvalue weighted by Gasteiger charge is -2.26. The number of ether oxygens (including phenoxy) is 2. The quantitative estimate of drug-likeness (QED) is 0.745. The van der Waals surface area contributed by atoms with Crippen molar-refractivity contribution in [1.82, 2.24) is 5.32 Å². The van der Waals surface area contributed by atoms with Gasteiger partial charge in [-0.3, -0.25) is 0 Å². The molecule has 0 bridgehead atoms. The fourth-order valence-corrected chi connectivity index (χ4v) is 2.37. The summed E-state index contributed by atoms with van der Waals surface area (Å²) in [6, 6.07) is 6.57. The Labute approximate surface area is 130 Å². The van der Waals surface area contributed by atoms with Gasteiger partial charge in [-0.2, -0.15) is 0 Å². The van der Waals surface area contributed by atoms with Gasteiger partial charge < -0.3 is 14.8 Å². The maximum atomic E-state index is 5.45. The Kier molecular flexibility index (Phi) is 7.03. The minimum atomic E-state index is 0.315. The van der Waals surface area contributed by atoms with Crippen LogP contribution >= 0.6 is 0 Å². The predicted octanol–water partition coefficient (Wildman–Crippen LogP) is 4.05. The number of rotatable bonds is 9. The average Bonchev–Trinajstić information content (AvgIpc) is 2.44. The molecule has 1 aromatic rings. The number of hydrogen-bond acceptors (Lipinski definition) is 3. The van der Waals surface area contributed by atoms with Gasteiger partial charge >= 0.3 is 0 Å². The second kappa shape index (κ2) is 8.28. The summed E-state index contributed by atoms with van der Waals surface area (Å²) >= 11 is 0. The average molecular weight is 293 g/mol. The fourth-order valence-electron chi connectivity index (χ4n) is 2.37. The highest BCUT2D eigenvalue weighted by Gasteiger charge is 2.18. The second-order valence-electron chi connectivity index (χ2n) is 6.70. The molecule has 1 aromatic carbocycles. The van der Waals surface area contributed by atoms with Crippen molar-refractivity contribution in [2.45, 2.75) is 53.0 Å². The summed E-state index contributed by atoms with van der Waals surface area (Å²) in [5.41, 5.74) is 1.54. The van der Waals surface area contributed by atoms with Crippen LogP contribution in [0.25, 0.3) is 0 Å². The van der Waals surface area contributed by atoms with Crippen LogP contribution in [0.15, 0.2) is 18.2 Å². The first-order valence-electron chi connectivity index (χ1n) is 7.82. The van der Waals surface area contributed by atoms with Crippen molar-refractivity contribution in [2.24, 2.45) is 5.41 Å². The summed E-state index contributed by atoms with van der Waals surface area (Å²) in [5.74, 6) is 1.84. The molecule has 0 atom stereocenters. The zero-order valence-electron chi connectivity index (χ0n) is 14.5. The second-order valence-corrected chi connectivity index (χ2v) is 6.70. The molecule has 0 aliphatic heterocycles. The summed E-state index contributed by atoms with van der Waals surface area (Å²) in [6.45, 7) is 10.1. The first kappa shape index (κ1) is 17.8. The molecule has 0 fully saturated rings. The van der Waals surface area contributed by atoms with Gasteiger partial charge in [0.15, 0.2) is 0 Å². The van der Waals surface area contributed by atoms with Crippen LogP contribution in [-0.2, 0) is 6.42 Å². The van der Waals surface area contributed by atoms with Gasteiger partial charge in [-0.25, -0.2) is 0 Å². The summed E-state index contributed by atoms with van der Waals surface area (Å²) in [6.07, 6.45) is 3.32. The molecular weight excluding hydrogens is 262 g/mol. The Morgan fingerprint density at radius 3 is 2.38 bits per heavy atom. The summed E-state index contributed by atoms with van der Waals surface area (Å²) < 4.78 is 10.8. The van der Waals surface area contributed by atoms with E-state index in [4.69, 9.17) is 9.47 Å². The lowest BCUT2D eigenvalue weighted by molar-refractivity contribution is 0.296. The third-order valence-electron chi connectivity index (χ3n) is 3.91. The Bertz CT molecular complexity index is 427. The monoisotopic (exact) mass is 293 g/mol. The zero-order chi connectivity index (χ0) is 15.9. The largest absolute Gasteiger partial charge is 0.497 e. The number of methoxy groups -OCH3 is 2. The van der Waals surface area contributed by atoms with Crippen molar-refractivity contribution < 1.29 is 9.47 Å². The van der Waals surface area contributed by atoms with E-state index in [0.29, 0.717) is 11.5 Å². The van der Waals surface area contributed by atoms with Crippen LogP contribution in [0.5, 0.6) is 11.5 Å². The van der Waals surface area contributed by atoms with Crippen LogP contribution < -0.4 is 14.8 Å². The van der Waals surface area contributed by atoms with Gasteiger partial charge in [0, 0.05) is 6.04 Å². The van der Waals surface area contributed by atoms with Gasteiger partial charge in [-0.15, -0.1) is 0 Å². The summed E-state index contributed by atoms with van der Waals surface area (Å²) in [5, 5.41) is 3.50. The highest BCUT2D eigenvalue weighted by molar-refractivity contribution is 5.40. The van der Waals surface area contributed by atoms with E-state index in [1.165, 1.54) is 12.0 Å². The molecule has 0 saturated carbocycles. The molecule has 0 amide bonds. The molecule has 0 unspecified atom stereocenters. The maximum Gasteiger partial charge on any atom is 0.122 e. The van der Waals surface area contributed by atoms with Gasteiger partial charge in [0.05, 0.1) is 14.2 Å². The first-order chi connectivity index (χ1) is 9.88. The minimum Gasteiger partial charge on any atom is -0.497 e. The van der Waals surface area contributed by atoms with E-state index in [1.807, 2.05) is 12.1 Å². The van der Waals surface area contributed by atoms with Crippen molar-refractivity contribution in [3.63, 3.8) is 0 Å². The van der Waals surface area contributed by atoms with E-state index >= 15 is 0 Å². The Balaban J connectivity index is 2.60. The molecule has 0 saturated heterocycles. The predicted molar refractivity (Wildman–Crippen MR) is 89.4 cm³/mol. The highest BCUT2D eigenvalue weighted by atomic mass is 16.5. The van der Waals surface area contributed by atoms with Crippen molar-refractivity contribution in [2.75, 3.05) is 20.8 Å². The van der Waals surface area contributed by atoms with Gasteiger partial charge in [-0.05, 0) is 55.0 Å². The lowest BCUT2D eigenvalue weighted by atomic mass is 9.83. The Morgan fingerprint density at radius 2 is 1.81 bits per heavy atom. The maximum absolute atomic E-state index is 5.45. The zero-order valence-corrected chi connectivity index (χ0v) is 14.5. The van der Waals surface area contributed by atoms with Crippen LogP contribution in [0.4, 0.5) is 0 Å². The molecule has 0 spiro atoms. The van der Waals surface area contributed by atoms with Crippen LogP contribution in [0.2, 0.25) is 0 Å². The van der Waals surface area contributed by atoms with E-state index in [9.17, 15) is 0 Å². The van der Waals surface area contributed by atoms with Crippen LogP contribution in [-0.4, -0.2) is 26.8 Å². The van der Waals surface area contributed by atoms with E-state index in [-0.39, 0.29) is 0 Å². The number of hydrogen-bond donors (Lipinski definition) is 1. The van der Waals surface area contributed by atoms with Gasteiger partial charge in [0.25, 0.3) is 0 Å². The summed E-state index contributed by atoms with van der Waals surface area (Å²) in [7, 11) is 3.43. The molecule has 21 heavy (non-hydrogen) atoms. The van der Waals surface area contributed by atoms with Gasteiger partial charge in [0.1, 0.15) is 11.5 Å². The fraction of sp³-hybridized carbons (Fsp3) is 0.667. The molecule has 0 heterocycles. The molecule has 0 aliphatic carbocycles. The number of aryl methyl sites for hydroxylation is 1. The first-order valence-corrected chi connectivity index (χ1v) is 7.82. The Hall–Kier alpha value is -1.22. The number of nitrogens with one attached hydrogen (secondary N) is 1. The Morgan fingerprint density at radius 1 is 1.10 bits per heavy atom. The lowest BCUT2D eigenvalue weighted by Crippen LogP contribution is -2.28. The van der Waals surface area contributed by atoms with Gasteiger partial charge in [0.2, 0.25) is 0 Å². The molecule has 1 rings (SSSR count). The number of benzene rings is 1. The SMILES string of the molecule is COc1ccc(OC)c(CCC(C)(C)CCNC(C)C)c1. The molecule has 0 aliphatic rings. The van der Waals surface area contributed by atoms with Crippen molar-refractivity contribution >= 4 is 0 Å². The smallest absolute Gasteiger partial charge is 0.122 e. The third-order valence-corrected chi connectivity index (χ3v) is 3.91. The van der Waals surface area contributed by atoms with Crippen LogP contribution in [0.1, 0.15) is 46.1 Å². The molecule has 0 aromatic heterocycles. The topological polar surface area (TPSA) is 30.5 Å². The third kappa shape index (κ3) is 6.38. The van der Waals surface area contributed by atoms with Crippen molar-refractivity contribution in [1.29, 1.82) is 0 Å². The highest BCUT2D eigenvalue weighted by Crippen LogP contribution is 2.31. The van der Waals surface area contributed by atoms with E-state index < -0.39 is 0 Å². The molecule has 120 valence electrons. The van der Waals surface area contributed by atoms with Crippen molar-refractivity contribution in [3.05, 3.63) is 23.8 Å². The van der Waals surface area contributed by atoms with Crippen molar-refractivity contribution in [3.8, 4) is 11.5 Å². The van der Waals surface area contributed by atoms with Gasteiger partial charge in [-0.1, -0.05) is 27.7 Å². The van der Waals surface area contributed by atoms with E-state index in [0.717, 1.165) is 30.9 Å². The minimum absolute atomic E-state index is 0.315.